The molecule has 0 bridgehead atoms. The predicted molar refractivity (Wildman–Crippen MR) is 101 cm³/mol. The van der Waals surface area contributed by atoms with E-state index in [1.54, 1.807) is 6.20 Å². The van der Waals surface area contributed by atoms with Crippen LogP contribution in [0, 0.1) is 0 Å². The third-order valence-electron chi connectivity index (χ3n) is 4.42. The number of phenolic OH excluding ortho intramolecular Hbond substituents is 1. The molecule has 0 aliphatic rings. The predicted octanol–water partition coefficient (Wildman–Crippen LogP) is 3.86. The van der Waals surface area contributed by atoms with Gasteiger partial charge in [0, 0.05) is 16.1 Å². The minimum atomic E-state index is -0.0756. The Morgan fingerprint density at radius 2 is 1.72 bits per heavy atom. The zero-order chi connectivity index (χ0) is 17.8. The first kappa shape index (κ1) is 17.9. The second-order valence-electron chi connectivity index (χ2n) is 6.04. The van der Waals surface area contributed by atoms with E-state index >= 15 is 0 Å². The first-order chi connectivity index (χ1) is 12.1. The van der Waals surface area contributed by atoms with Crippen LogP contribution in [0.25, 0.3) is 10.9 Å². The number of aryl methyl sites for hydroxylation is 2. The van der Waals surface area contributed by atoms with Crippen molar-refractivity contribution < 1.29 is 15.3 Å². The highest BCUT2D eigenvalue weighted by atomic mass is 79.9. The van der Waals surface area contributed by atoms with Crippen LogP contribution < -0.4 is 0 Å². The number of pyridine rings is 1. The van der Waals surface area contributed by atoms with Crippen LogP contribution >= 0.6 is 15.9 Å². The normalized spacial score (nSPS) is 11.2. The topological polar surface area (TPSA) is 73.6 Å². The molecule has 0 saturated carbocycles. The molecule has 5 heteroatoms. The first-order valence-electron chi connectivity index (χ1n) is 8.21. The summed E-state index contributed by atoms with van der Waals surface area (Å²) in [6, 6.07) is 11.5. The number of hydrogen-bond donors (Lipinski definition) is 3. The molecule has 0 amide bonds. The van der Waals surface area contributed by atoms with Crippen molar-refractivity contribution in [3.63, 3.8) is 0 Å². The van der Waals surface area contributed by atoms with E-state index < -0.39 is 0 Å². The molecule has 1 heterocycles. The van der Waals surface area contributed by atoms with Gasteiger partial charge in [-0.1, -0.05) is 40.2 Å². The summed E-state index contributed by atoms with van der Waals surface area (Å²) in [5, 5.41) is 30.0. The Balaban J connectivity index is 1.74. The van der Waals surface area contributed by atoms with Gasteiger partial charge in [-0.05, 0) is 53.6 Å². The van der Waals surface area contributed by atoms with Gasteiger partial charge in [0.15, 0.2) is 0 Å². The molecule has 0 spiro atoms. The third kappa shape index (κ3) is 3.84. The molecule has 4 nitrogen and oxygen atoms in total. The van der Waals surface area contributed by atoms with Gasteiger partial charge in [0.1, 0.15) is 11.3 Å². The number of benzene rings is 2. The van der Waals surface area contributed by atoms with E-state index in [0.29, 0.717) is 5.52 Å². The molecule has 3 N–H and O–H groups in total. The van der Waals surface area contributed by atoms with Crippen LogP contribution in [-0.4, -0.2) is 20.3 Å². The maximum atomic E-state index is 10.5. The number of nitrogens with zero attached hydrogens (tertiary/aromatic N) is 1. The van der Waals surface area contributed by atoms with Crippen LogP contribution in [0.15, 0.2) is 47.1 Å². The van der Waals surface area contributed by atoms with E-state index in [0.717, 1.165) is 51.4 Å². The number of halogens is 1. The Hall–Kier alpha value is -1.95. The summed E-state index contributed by atoms with van der Waals surface area (Å²) in [6.07, 6.45) is 4.10. The number of phenols is 1. The lowest BCUT2D eigenvalue weighted by atomic mass is 9.99. The quantitative estimate of drug-likeness (QED) is 0.586. The lowest BCUT2D eigenvalue weighted by molar-refractivity contribution is 0.260. The summed E-state index contributed by atoms with van der Waals surface area (Å²) in [4.78, 5) is 4.28. The van der Waals surface area contributed by atoms with Crippen molar-refractivity contribution in [2.75, 3.05) is 0 Å². The second-order valence-corrected chi connectivity index (χ2v) is 6.89. The van der Waals surface area contributed by atoms with Crippen LogP contribution in [0.3, 0.4) is 0 Å². The Kier molecular flexibility index (Phi) is 5.68. The van der Waals surface area contributed by atoms with Gasteiger partial charge in [0.05, 0.1) is 13.2 Å². The molecule has 0 fully saturated rings. The van der Waals surface area contributed by atoms with Crippen molar-refractivity contribution in [3.05, 3.63) is 69.3 Å². The fourth-order valence-corrected chi connectivity index (χ4v) is 3.64. The van der Waals surface area contributed by atoms with Crippen LogP contribution in [0.2, 0.25) is 0 Å². The van der Waals surface area contributed by atoms with E-state index in [1.807, 2.05) is 36.4 Å². The van der Waals surface area contributed by atoms with E-state index in [1.165, 1.54) is 0 Å². The van der Waals surface area contributed by atoms with Gasteiger partial charge >= 0.3 is 0 Å². The summed E-state index contributed by atoms with van der Waals surface area (Å²) in [5.41, 5.74) is 4.11. The number of aromatic hydroxyl groups is 1. The van der Waals surface area contributed by atoms with E-state index in [9.17, 15) is 15.3 Å². The van der Waals surface area contributed by atoms with Gasteiger partial charge in [0.2, 0.25) is 0 Å². The minimum absolute atomic E-state index is 0.0673. The highest BCUT2D eigenvalue weighted by molar-refractivity contribution is 9.10. The molecule has 3 aromatic rings. The molecule has 0 atom stereocenters. The van der Waals surface area contributed by atoms with Crippen molar-refractivity contribution in [1.29, 1.82) is 0 Å². The van der Waals surface area contributed by atoms with Crippen molar-refractivity contribution in [3.8, 4) is 5.75 Å². The second kappa shape index (κ2) is 7.95. The number of aromatic nitrogens is 1. The van der Waals surface area contributed by atoms with Crippen molar-refractivity contribution in [2.45, 2.75) is 32.5 Å². The maximum absolute atomic E-state index is 10.5. The molecule has 2 aromatic carbocycles. The van der Waals surface area contributed by atoms with E-state index in [-0.39, 0.29) is 19.0 Å². The molecule has 3 rings (SSSR count). The Labute approximate surface area is 154 Å². The summed E-state index contributed by atoms with van der Waals surface area (Å²) >= 11 is 3.55. The Morgan fingerprint density at radius 3 is 2.48 bits per heavy atom. The Morgan fingerprint density at radius 1 is 0.920 bits per heavy atom. The van der Waals surface area contributed by atoms with Gasteiger partial charge in [-0.2, -0.15) is 0 Å². The van der Waals surface area contributed by atoms with Crippen molar-refractivity contribution >= 4 is 26.8 Å². The number of hydrogen-bond acceptors (Lipinski definition) is 4. The minimum Gasteiger partial charge on any atom is -0.505 e. The summed E-state index contributed by atoms with van der Waals surface area (Å²) in [5.74, 6) is 0.241. The van der Waals surface area contributed by atoms with Crippen molar-refractivity contribution in [2.24, 2.45) is 0 Å². The fraction of sp³-hybridized carbons (Fsp3) is 0.250. The largest absolute Gasteiger partial charge is 0.505 e. The third-order valence-corrected chi connectivity index (χ3v) is 5.07. The summed E-state index contributed by atoms with van der Waals surface area (Å²) in [7, 11) is 0. The average Bonchev–Trinajstić information content (AvgIpc) is 2.65. The average molecular weight is 402 g/mol. The van der Waals surface area contributed by atoms with Gasteiger partial charge in [0.25, 0.3) is 0 Å². The van der Waals surface area contributed by atoms with Crippen LogP contribution in [-0.2, 0) is 26.1 Å². The summed E-state index contributed by atoms with van der Waals surface area (Å²) < 4.78 is 0.929. The highest BCUT2D eigenvalue weighted by Gasteiger charge is 2.11. The number of fused-ring (bicyclic) bond motifs is 1. The molecule has 25 heavy (non-hydrogen) atoms. The van der Waals surface area contributed by atoms with Gasteiger partial charge < -0.3 is 15.3 Å². The zero-order valence-electron chi connectivity index (χ0n) is 13.7. The zero-order valence-corrected chi connectivity index (χ0v) is 15.3. The lowest BCUT2D eigenvalue weighted by Crippen LogP contribution is -1.98. The molecule has 0 saturated heterocycles. The molecule has 0 unspecified atom stereocenters. The van der Waals surface area contributed by atoms with Crippen LogP contribution in [0.1, 0.15) is 28.7 Å². The van der Waals surface area contributed by atoms with Crippen LogP contribution in [0.4, 0.5) is 0 Å². The highest BCUT2D eigenvalue weighted by Crippen LogP contribution is 2.33. The maximum Gasteiger partial charge on any atom is 0.145 e. The molecular formula is C20H20BrNO3. The lowest BCUT2D eigenvalue weighted by Gasteiger charge is -2.11. The van der Waals surface area contributed by atoms with Crippen molar-refractivity contribution in [1.82, 2.24) is 4.98 Å². The SMILES string of the molecule is OCc1ccc(CCCc2cc(Br)c3cccnc3c2O)cc1CO. The van der Waals surface area contributed by atoms with Gasteiger partial charge in [-0.15, -0.1) is 0 Å². The standard InChI is InChI=1S/C20H20BrNO3/c21-18-10-14(20(25)19-17(18)5-2-8-22-19)4-1-3-13-6-7-15(11-23)16(9-13)12-24/h2,5-10,23-25H,1,3-4,11-12H2. The van der Waals surface area contributed by atoms with Gasteiger partial charge in [-0.25, -0.2) is 0 Å². The molecule has 0 aliphatic heterocycles. The molecule has 130 valence electrons. The smallest absolute Gasteiger partial charge is 0.145 e. The Bertz CT molecular complexity index is 895. The number of aliphatic hydroxyl groups excluding tert-OH is 2. The molecular weight excluding hydrogens is 382 g/mol. The van der Waals surface area contributed by atoms with Crippen LogP contribution in [0.5, 0.6) is 5.75 Å². The molecule has 0 aliphatic carbocycles. The van der Waals surface area contributed by atoms with E-state index in [4.69, 9.17) is 0 Å². The first-order valence-corrected chi connectivity index (χ1v) is 9.00. The number of aliphatic hydroxyl groups is 2. The number of rotatable bonds is 6. The molecule has 0 radical (unpaired) electrons. The monoisotopic (exact) mass is 401 g/mol. The van der Waals surface area contributed by atoms with E-state index in [2.05, 4.69) is 20.9 Å². The fourth-order valence-electron chi connectivity index (χ4n) is 3.05. The molecule has 1 aromatic heterocycles. The summed E-state index contributed by atoms with van der Waals surface area (Å²) in [6.45, 7) is -0.143. The van der Waals surface area contributed by atoms with Gasteiger partial charge in [-0.3, -0.25) is 4.98 Å².